The van der Waals surface area contributed by atoms with Crippen molar-refractivity contribution in [3.05, 3.63) is 47.2 Å². The smallest absolute Gasteiger partial charge is 0.248 e. The maximum atomic E-state index is 14.4. The van der Waals surface area contributed by atoms with E-state index < -0.39 is 23.7 Å². The first kappa shape index (κ1) is 20.5. The van der Waals surface area contributed by atoms with Gasteiger partial charge < -0.3 is 14.7 Å². The topological polar surface area (TPSA) is 75.6 Å². The Kier molecular flexibility index (Phi) is 4.64. The largest absolute Gasteiger partial charge is 0.387 e. The van der Waals surface area contributed by atoms with E-state index in [-0.39, 0.29) is 34.6 Å². The van der Waals surface area contributed by atoms with Crippen LogP contribution in [0.25, 0.3) is 11.3 Å². The molecule has 2 aromatic rings. The Balaban J connectivity index is 1.60. The summed E-state index contributed by atoms with van der Waals surface area (Å²) in [6.45, 7) is 5.03. The second-order valence-electron chi connectivity index (χ2n) is 9.27. The number of ether oxygens (including phenoxy) is 1. The van der Waals surface area contributed by atoms with Crippen LogP contribution in [0, 0.1) is 17.0 Å². The number of hydrogen-bond acceptors (Lipinski definition) is 5. The molecule has 3 atom stereocenters. The van der Waals surface area contributed by atoms with E-state index in [9.17, 15) is 18.7 Å². The van der Waals surface area contributed by atoms with E-state index in [4.69, 9.17) is 4.74 Å². The number of carbonyl (C=O) groups is 1. The highest BCUT2D eigenvalue weighted by Gasteiger charge is 2.67. The maximum Gasteiger partial charge on any atom is 0.248 e. The number of rotatable bonds is 3. The highest BCUT2D eigenvalue weighted by Crippen LogP contribution is 2.69. The summed E-state index contributed by atoms with van der Waals surface area (Å²) in [6, 6.07) is 5.53. The van der Waals surface area contributed by atoms with Crippen molar-refractivity contribution in [2.75, 3.05) is 26.3 Å². The summed E-state index contributed by atoms with van der Waals surface area (Å²) in [5.41, 5.74) is 1.10. The van der Waals surface area contributed by atoms with Gasteiger partial charge in [-0.05, 0) is 47.9 Å². The number of fused-ring (bicyclic) bond motifs is 5. The molecular formula is C23H25F2N3O3. The second-order valence-corrected chi connectivity index (χ2v) is 9.27. The predicted molar refractivity (Wildman–Crippen MR) is 108 cm³/mol. The molecule has 1 aromatic heterocycles. The van der Waals surface area contributed by atoms with Crippen LogP contribution < -0.4 is 0 Å². The molecule has 8 heteroatoms. The van der Waals surface area contributed by atoms with Gasteiger partial charge in [-0.2, -0.15) is 10.2 Å². The first-order valence-electron chi connectivity index (χ1n) is 10.6. The van der Waals surface area contributed by atoms with E-state index in [1.807, 2.05) is 0 Å². The quantitative estimate of drug-likeness (QED) is 0.812. The highest BCUT2D eigenvalue weighted by molar-refractivity contribution is 5.77. The number of benzene rings is 1. The Morgan fingerprint density at radius 2 is 2.03 bits per heavy atom. The summed E-state index contributed by atoms with van der Waals surface area (Å²) in [7, 11) is 0. The lowest BCUT2D eigenvalue weighted by atomic mass is 9.64. The van der Waals surface area contributed by atoms with E-state index in [1.54, 1.807) is 11.0 Å². The van der Waals surface area contributed by atoms with E-state index in [0.717, 1.165) is 24.1 Å². The summed E-state index contributed by atoms with van der Waals surface area (Å²) < 4.78 is 34.9. The van der Waals surface area contributed by atoms with Crippen molar-refractivity contribution in [2.45, 2.75) is 44.1 Å². The van der Waals surface area contributed by atoms with Crippen molar-refractivity contribution < 1.29 is 23.4 Å². The fourth-order valence-corrected chi connectivity index (χ4v) is 6.22. The molecule has 2 aliphatic carbocycles. The molecule has 1 amide bonds. The molecule has 2 heterocycles. The lowest BCUT2D eigenvalue weighted by Gasteiger charge is -2.47. The van der Waals surface area contributed by atoms with Crippen LogP contribution in [-0.2, 0) is 14.9 Å². The fraction of sp³-hybridized carbons (Fsp3) is 0.522. The number of amides is 1. The van der Waals surface area contributed by atoms with Crippen molar-refractivity contribution in [1.29, 1.82) is 0 Å². The fourth-order valence-electron chi connectivity index (χ4n) is 6.22. The third-order valence-electron chi connectivity index (χ3n) is 7.79. The molecule has 0 spiro atoms. The molecular weight excluding hydrogens is 404 g/mol. The number of aliphatic hydroxyl groups is 1. The predicted octanol–water partition coefficient (Wildman–Crippen LogP) is 2.80. The number of nitrogens with zero attached hydrogens (tertiary/aromatic N) is 3. The molecule has 1 N–H and O–H groups in total. The zero-order valence-electron chi connectivity index (χ0n) is 17.6. The number of hydrogen-bond donors (Lipinski definition) is 1. The minimum absolute atomic E-state index is 0.152. The lowest BCUT2D eigenvalue weighted by Crippen LogP contribution is -2.57. The number of aromatic nitrogens is 2. The molecule has 5 rings (SSSR count). The van der Waals surface area contributed by atoms with E-state index in [1.165, 1.54) is 18.2 Å². The molecule has 2 bridgehead atoms. The number of carbonyl (C=O) groups excluding carboxylic acids is 1. The Morgan fingerprint density at radius 1 is 1.29 bits per heavy atom. The highest BCUT2D eigenvalue weighted by atomic mass is 19.1. The van der Waals surface area contributed by atoms with E-state index >= 15 is 0 Å². The van der Waals surface area contributed by atoms with Crippen molar-refractivity contribution >= 4 is 5.91 Å². The minimum Gasteiger partial charge on any atom is -0.387 e. The SMILES string of the molecule is CC1(C)[C@H]2CC[C@]1([C@@H]1CN(C(=O)CO)CCO1)c1nnc(-c3c(F)cccc3F)cc12. The van der Waals surface area contributed by atoms with Crippen LogP contribution in [0.2, 0.25) is 0 Å². The van der Waals surface area contributed by atoms with Crippen LogP contribution in [0.5, 0.6) is 0 Å². The summed E-state index contributed by atoms with van der Waals surface area (Å²) in [5, 5.41) is 18.0. The first-order valence-corrected chi connectivity index (χ1v) is 10.6. The van der Waals surface area contributed by atoms with Gasteiger partial charge in [-0.25, -0.2) is 8.78 Å². The molecule has 31 heavy (non-hydrogen) atoms. The van der Waals surface area contributed by atoms with Crippen molar-refractivity contribution in [3.63, 3.8) is 0 Å². The standard InChI is InChI=1S/C23H25F2N3O3/c1-22(2)14-6-7-23(22,18-11-28(8-9-31-18)19(30)12-29)21-13(14)10-17(26-27-21)20-15(24)4-3-5-16(20)25/h3-5,10,14,18,29H,6-9,11-12H2,1-2H3/t14-,18-,23-/m0/s1. The molecule has 6 nitrogen and oxygen atoms in total. The zero-order chi connectivity index (χ0) is 22.0. The molecule has 164 valence electrons. The van der Waals surface area contributed by atoms with Crippen LogP contribution in [0.15, 0.2) is 24.3 Å². The number of morpholine rings is 1. The van der Waals surface area contributed by atoms with Crippen LogP contribution in [0.3, 0.4) is 0 Å². The maximum absolute atomic E-state index is 14.4. The van der Waals surface area contributed by atoms with Gasteiger partial charge in [0.1, 0.15) is 18.2 Å². The Morgan fingerprint density at radius 3 is 2.74 bits per heavy atom. The molecule has 0 radical (unpaired) electrons. The summed E-state index contributed by atoms with van der Waals surface area (Å²) in [5.74, 6) is -1.49. The average Bonchev–Trinajstić information content (AvgIpc) is 3.14. The van der Waals surface area contributed by atoms with Gasteiger partial charge in [0.25, 0.3) is 0 Å². The second kappa shape index (κ2) is 7.03. The number of aliphatic hydroxyl groups excluding tert-OH is 1. The van der Waals surface area contributed by atoms with Crippen LogP contribution >= 0.6 is 0 Å². The normalized spacial score (nSPS) is 28.6. The van der Waals surface area contributed by atoms with Gasteiger partial charge in [-0.1, -0.05) is 19.9 Å². The number of halogens is 2. The molecule has 1 aliphatic heterocycles. The Labute approximate surface area is 179 Å². The van der Waals surface area contributed by atoms with Crippen LogP contribution in [0.1, 0.15) is 43.9 Å². The summed E-state index contributed by atoms with van der Waals surface area (Å²) in [6.07, 6.45) is 1.45. The van der Waals surface area contributed by atoms with E-state index in [2.05, 4.69) is 24.0 Å². The molecule has 1 saturated carbocycles. The third kappa shape index (κ3) is 2.70. The Bertz CT molecular complexity index is 1040. The van der Waals surface area contributed by atoms with Crippen molar-refractivity contribution in [2.24, 2.45) is 5.41 Å². The third-order valence-corrected chi connectivity index (χ3v) is 7.79. The Hall–Kier alpha value is -2.45. The van der Waals surface area contributed by atoms with Gasteiger partial charge >= 0.3 is 0 Å². The molecule has 3 aliphatic rings. The van der Waals surface area contributed by atoms with E-state index in [0.29, 0.717) is 19.7 Å². The van der Waals surface area contributed by atoms with Gasteiger partial charge in [0.05, 0.1) is 29.7 Å². The molecule has 1 saturated heterocycles. The van der Waals surface area contributed by atoms with Gasteiger partial charge in [0.15, 0.2) is 0 Å². The molecule has 0 unspecified atom stereocenters. The zero-order valence-corrected chi connectivity index (χ0v) is 17.6. The van der Waals surface area contributed by atoms with Crippen molar-refractivity contribution in [1.82, 2.24) is 15.1 Å². The summed E-state index contributed by atoms with van der Waals surface area (Å²) in [4.78, 5) is 13.8. The lowest BCUT2D eigenvalue weighted by molar-refractivity contribution is -0.147. The van der Waals surface area contributed by atoms with Gasteiger partial charge in [-0.15, -0.1) is 0 Å². The van der Waals surface area contributed by atoms with Gasteiger partial charge in [-0.3, -0.25) is 4.79 Å². The first-order chi connectivity index (χ1) is 14.8. The van der Waals surface area contributed by atoms with Gasteiger partial charge in [0.2, 0.25) is 5.91 Å². The molecule has 2 fully saturated rings. The average molecular weight is 429 g/mol. The summed E-state index contributed by atoms with van der Waals surface area (Å²) >= 11 is 0. The van der Waals surface area contributed by atoms with Gasteiger partial charge in [0, 0.05) is 18.5 Å². The molecule has 1 aromatic carbocycles. The monoisotopic (exact) mass is 429 g/mol. The van der Waals surface area contributed by atoms with Crippen molar-refractivity contribution in [3.8, 4) is 11.3 Å². The van der Waals surface area contributed by atoms with Crippen LogP contribution in [-0.4, -0.2) is 58.5 Å². The minimum atomic E-state index is -0.667. The van der Waals surface area contributed by atoms with Crippen LogP contribution in [0.4, 0.5) is 8.78 Å².